The molecule has 2 atom stereocenters. The molecule has 118 valence electrons. The van der Waals surface area contributed by atoms with Crippen LogP contribution >= 0.6 is 0 Å². The maximum Gasteiger partial charge on any atom is 0.214 e. The molecule has 3 saturated carbocycles. The Morgan fingerprint density at radius 2 is 1.91 bits per heavy atom. The molecule has 0 aromatic heterocycles. The summed E-state index contributed by atoms with van der Waals surface area (Å²) >= 11 is 0. The summed E-state index contributed by atoms with van der Waals surface area (Å²) in [5, 5.41) is 0. The highest BCUT2D eigenvalue weighted by molar-refractivity contribution is 5.86. The van der Waals surface area contributed by atoms with E-state index in [0.29, 0.717) is 11.5 Å². The molecule has 7 rings (SSSR count). The van der Waals surface area contributed by atoms with E-state index < -0.39 is 0 Å². The van der Waals surface area contributed by atoms with Crippen LogP contribution in [0, 0.1) is 5.41 Å². The topological polar surface area (TPSA) is 23.6 Å². The van der Waals surface area contributed by atoms with Gasteiger partial charge in [-0.15, -0.1) is 0 Å². The number of para-hydroxylation sites is 1. The first-order valence-corrected chi connectivity index (χ1v) is 9.03. The summed E-state index contributed by atoms with van der Waals surface area (Å²) in [7, 11) is 0. The molecule has 2 unspecified atom stereocenters. The van der Waals surface area contributed by atoms with Gasteiger partial charge < -0.3 is 4.90 Å². The van der Waals surface area contributed by atoms with E-state index in [1.165, 1.54) is 37.1 Å². The van der Waals surface area contributed by atoms with Gasteiger partial charge in [-0.05, 0) is 50.3 Å². The second-order valence-electron chi connectivity index (χ2n) is 8.28. The normalized spacial score (nSPS) is 45.7. The molecule has 6 aliphatic rings. The lowest BCUT2D eigenvalue weighted by molar-refractivity contribution is -0.112. The maximum atomic E-state index is 12.1. The molecule has 1 aromatic rings. The second-order valence-corrected chi connectivity index (χ2v) is 8.28. The lowest BCUT2D eigenvalue weighted by Gasteiger charge is -2.66. The highest BCUT2D eigenvalue weighted by Crippen LogP contribution is 2.73. The van der Waals surface area contributed by atoms with Crippen molar-refractivity contribution in [3.8, 4) is 0 Å². The molecule has 2 bridgehead atoms. The molecule has 4 fully saturated rings. The zero-order chi connectivity index (χ0) is 15.3. The van der Waals surface area contributed by atoms with Crippen molar-refractivity contribution in [2.75, 3.05) is 18.0 Å². The van der Waals surface area contributed by atoms with Crippen LogP contribution in [0.2, 0.25) is 0 Å². The minimum absolute atomic E-state index is 0.0325. The second kappa shape index (κ2) is 3.72. The fourth-order valence-electron chi connectivity index (χ4n) is 7.40. The van der Waals surface area contributed by atoms with E-state index in [-0.39, 0.29) is 11.0 Å². The Bertz CT molecular complexity index is 746. The fourth-order valence-corrected chi connectivity index (χ4v) is 7.40. The average Bonchev–Trinajstić information content (AvgIpc) is 3.12. The first-order chi connectivity index (χ1) is 11.3. The minimum atomic E-state index is 0.0325. The SMILES string of the molecule is O=CN1c2ccccc2C23CCN4CC=CC5(CCC12CC5)C43. The third-order valence-electron chi connectivity index (χ3n) is 8.01. The molecule has 3 nitrogen and oxygen atoms in total. The van der Waals surface area contributed by atoms with Gasteiger partial charge in [0.1, 0.15) is 0 Å². The Hall–Kier alpha value is -1.61. The Morgan fingerprint density at radius 3 is 2.74 bits per heavy atom. The smallest absolute Gasteiger partial charge is 0.214 e. The molecule has 1 aromatic carbocycles. The number of anilines is 1. The van der Waals surface area contributed by atoms with Gasteiger partial charge in [-0.3, -0.25) is 9.69 Å². The number of hydrogen-bond donors (Lipinski definition) is 0. The highest BCUT2D eigenvalue weighted by atomic mass is 16.1. The van der Waals surface area contributed by atoms with E-state index in [2.05, 4.69) is 46.2 Å². The van der Waals surface area contributed by atoms with Crippen LogP contribution in [0.3, 0.4) is 0 Å². The third-order valence-corrected chi connectivity index (χ3v) is 8.01. The number of carbonyl (C=O) groups excluding carboxylic acids is 1. The molecule has 1 amide bonds. The predicted molar refractivity (Wildman–Crippen MR) is 89.4 cm³/mol. The Balaban J connectivity index is 1.71. The number of amides is 1. The van der Waals surface area contributed by atoms with Gasteiger partial charge in [0.05, 0.1) is 5.54 Å². The van der Waals surface area contributed by atoms with Crippen LogP contribution in [-0.2, 0) is 10.2 Å². The van der Waals surface area contributed by atoms with Crippen LogP contribution < -0.4 is 4.90 Å². The Labute approximate surface area is 137 Å². The van der Waals surface area contributed by atoms with E-state index in [0.717, 1.165) is 25.8 Å². The van der Waals surface area contributed by atoms with Gasteiger partial charge in [-0.1, -0.05) is 30.4 Å². The van der Waals surface area contributed by atoms with Crippen molar-refractivity contribution in [2.45, 2.75) is 49.1 Å². The van der Waals surface area contributed by atoms with Crippen LogP contribution in [0.25, 0.3) is 0 Å². The van der Waals surface area contributed by atoms with Gasteiger partial charge in [0.2, 0.25) is 6.41 Å². The Kier molecular flexibility index (Phi) is 2.07. The predicted octanol–water partition coefficient (Wildman–Crippen LogP) is 2.86. The molecular weight excluding hydrogens is 284 g/mol. The van der Waals surface area contributed by atoms with Gasteiger partial charge >= 0.3 is 0 Å². The lowest BCUT2D eigenvalue weighted by atomic mass is 9.42. The molecule has 3 aliphatic carbocycles. The highest BCUT2D eigenvalue weighted by Gasteiger charge is 2.76. The van der Waals surface area contributed by atoms with Crippen molar-refractivity contribution in [3.63, 3.8) is 0 Å². The minimum Gasteiger partial charge on any atom is -0.308 e. The number of carbonyl (C=O) groups is 1. The fraction of sp³-hybridized carbons (Fsp3) is 0.550. The molecular formula is C20H22N2O. The van der Waals surface area contributed by atoms with Gasteiger partial charge in [0.15, 0.2) is 0 Å². The largest absolute Gasteiger partial charge is 0.308 e. The zero-order valence-electron chi connectivity index (χ0n) is 13.4. The van der Waals surface area contributed by atoms with E-state index in [1.807, 2.05) is 0 Å². The van der Waals surface area contributed by atoms with E-state index in [4.69, 9.17) is 0 Å². The molecule has 0 N–H and O–H groups in total. The molecule has 3 heteroatoms. The van der Waals surface area contributed by atoms with Crippen molar-refractivity contribution >= 4 is 12.1 Å². The first-order valence-electron chi connectivity index (χ1n) is 9.03. The number of fused-ring (bicyclic) bond motifs is 3. The summed E-state index contributed by atoms with van der Waals surface area (Å²) < 4.78 is 0. The van der Waals surface area contributed by atoms with Crippen molar-refractivity contribution in [1.82, 2.24) is 4.90 Å². The summed E-state index contributed by atoms with van der Waals surface area (Å²) in [5.41, 5.74) is 3.19. The zero-order valence-corrected chi connectivity index (χ0v) is 13.4. The summed E-state index contributed by atoms with van der Waals surface area (Å²) in [6.07, 6.45) is 12.1. The van der Waals surface area contributed by atoms with Crippen LogP contribution in [-0.4, -0.2) is 36.0 Å². The summed E-state index contributed by atoms with van der Waals surface area (Å²) in [6.45, 7) is 2.27. The van der Waals surface area contributed by atoms with Gasteiger partial charge in [-0.2, -0.15) is 0 Å². The van der Waals surface area contributed by atoms with Crippen molar-refractivity contribution in [1.29, 1.82) is 0 Å². The van der Waals surface area contributed by atoms with E-state index in [9.17, 15) is 4.79 Å². The molecule has 3 heterocycles. The van der Waals surface area contributed by atoms with Crippen LogP contribution in [0.1, 0.15) is 37.7 Å². The van der Waals surface area contributed by atoms with Crippen LogP contribution in [0.4, 0.5) is 5.69 Å². The average molecular weight is 306 g/mol. The molecule has 1 saturated heterocycles. The molecule has 23 heavy (non-hydrogen) atoms. The molecule has 3 aliphatic heterocycles. The van der Waals surface area contributed by atoms with Crippen LogP contribution in [0.15, 0.2) is 36.4 Å². The summed E-state index contributed by atoms with van der Waals surface area (Å²) in [6, 6.07) is 9.35. The van der Waals surface area contributed by atoms with Gasteiger partial charge in [-0.25, -0.2) is 0 Å². The van der Waals surface area contributed by atoms with Crippen molar-refractivity contribution in [3.05, 3.63) is 42.0 Å². The summed E-state index contributed by atoms with van der Waals surface area (Å²) in [5.74, 6) is 0. The van der Waals surface area contributed by atoms with Crippen molar-refractivity contribution < 1.29 is 4.79 Å². The molecule has 3 spiro atoms. The number of rotatable bonds is 1. The quantitative estimate of drug-likeness (QED) is 0.588. The number of hydrogen-bond acceptors (Lipinski definition) is 2. The standard InChI is InChI=1S/C20H22N2O/c23-14-22-16-5-2-1-4-15(16)20-11-13-21-12-3-6-18(17(20)21)7-9-19(20,22)10-8-18/h1-6,14,17H,7-13H2. The van der Waals surface area contributed by atoms with Crippen LogP contribution in [0.5, 0.6) is 0 Å². The first kappa shape index (κ1) is 12.8. The van der Waals surface area contributed by atoms with Crippen molar-refractivity contribution in [2.24, 2.45) is 5.41 Å². The monoisotopic (exact) mass is 306 g/mol. The maximum absolute atomic E-state index is 12.1. The van der Waals surface area contributed by atoms with E-state index >= 15 is 0 Å². The third kappa shape index (κ3) is 1.09. The summed E-state index contributed by atoms with van der Waals surface area (Å²) in [4.78, 5) is 17.0. The number of benzene rings is 1. The van der Waals surface area contributed by atoms with Gasteiger partial charge in [0, 0.05) is 29.1 Å². The molecule has 0 radical (unpaired) electrons. The van der Waals surface area contributed by atoms with Gasteiger partial charge in [0.25, 0.3) is 0 Å². The lowest BCUT2D eigenvalue weighted by Crippen LogP contribution is -2.73. The number of nitrogens with zero attached hydrogens (tertiary/aromatic N) is 2. The van der Waals surface area contributed by atoms with E-state index in [1.54, 1.807) is 0 Å². The Morgan fingerprint density at radius 1 is 1.09 bits per heavy atom.